The Hall–Kier alpha value is -0.610. The van der Waals surface area contributed by atoms with Crippen molar-refractivity contribution in [1.82, 2.24) is 10.2 Å². The number of carbonyl (C=O) groups is 1. The molecule has 4 heteroatoms. The van der Waals surface area contributed by atoms with Crippen LogP contribution in [0.4, 0.5) is 0 Å². The highest BCUT2D eigenvalue weighted by Gasteiger charge is 2.40. The molecule has 0 aromatic heterocycles. The third kappa shape index (κ3) is 5.26. The molecule has 0 aromatic rings. The van der Waals surface area contributed by atoms with Gasteiger partial charge in [-0.25, -0.2) is 0 Å². The van der Waals surface area contributed by atoms with Gasteiger partial charge in [0.25, 0.3) is 0 Å². The molecule has 4 nitrogen and oxygen atoms in total. The SMILES string of the molecule is CCC(CCCN1CCCCCCC1)(NC1CC1)C(=O)O. The van der Waals surface area contributed by atoms with E-state index in [-0.39, 0.29) is 0 Å². The molecule has 1 atom stereocenters. The molecule has 2 aliphatic rings. The molecule has 0 spiro atoms. The first-order valence-electron chi connectivity index (χ1n) is 8.90. The Bertz CT molecular complexity index is 323. The van der Waals surface area contributed by atoms with Crippen molar-refractivity contribution >= 4 is 5.97 Å². The molecule has 21 heavy (non-hydrogen) atoms. The maximum Gasteiger partial charge on any atom is 0.323 e. The average molecular weight is 296 g/mol. The van der Waals surface area contributed by atoms with Gasteiger partial charge in [-0.05, 0) is 64.6 Å². The predicted molar refractivity (Wildman–Crippen MR) is 85.6 cm³/mol. The van der Waals surface area contributed by atoms with E-state index < -0.39 is 11.5 Å². The topological polar surface area (TPSA) is 52.6 Å². The summed E-state index contributed by atoms with van der Waals surface area (Å²) in [6, 6.07) is 0.447. The summed E-state index contributed by atoms with van der Waals surface area (Å²) in [5.41, 5.74) is -0.691. The summed E-state index contributed by atoms with van der Waals surface area (Å²) in [5.74, 6) is -0.662. The third-order valence-electron chi connectivity index (χ3n) is 5.10. The third-order valence-corrected chi connectivity index (χ3v) is 5.10. The summed E-state index contributed by atoms with van der Waals surface area (Å²) in [4.78, 5) is 14.3. The minimum atomic E-state index is -0.691. The molecule has 2 N–H and O–H groups in total. The molecule has 1 saturated heterocycles. The number of hydrogen-bond acceptors (Lipinski definition) is 3. The number of hydrogen-bond donors (Lipinski definition) is 2. The zero-order valence-corrected chi connectivity index (χ0v) is 13.6. The molecule has 2 fully saturated rings. The van der Waals surface area contributed by atoms with E-state index in [1.54, 1.807) is 0 Å². The largest absolute Gasteiger partial charge is 0.480 e. The van der Waals surface area contributed by atoms with Gasteiger partial charge in [0, 0.05) is 6.04 Å². The van der Waals surface area contributed by atoms with Crippen LogP contribution in [0.1, 0.15) is 71.1 Å². The lowest BCUT2D eigenvalue weighted by molar-refractivity contribution is -0.145. The Kier molecular flexibility index (Phi) is 6.49. The van der Waals surface area contributed by atoms with Gasteiger partial charge in [-0.15, -0.1) is 0 Å². The van der Waals surface area contributed by atoms with Crippen LogP contribution < -0.4 is 5.32 Å². The summed E-state index contributed by atoms with van der Waals surface area (Å²) < 4.78 is 0. The van der Waals surface area contributed by atoms with E-state index in [4.69, 9.17) is 0 Å². The number of likely N-dealkylation sites (tertiary alicyclic amines) is 1. The number of aliphatic carboxylic acids is 1. The molecule has 1 aliphatic carbocycles. The van der Waals surface area contributed by atoms with E-state index in [0.717, 1.165) is 32.2 Å². The molecule has 1 aliphatic heterocycles. The van der Waals surface area contributed by atoms with Gasteiger partial charge in [0.1, 0.15) is 5.54 Å². The first-order valence-corrected chi connectivity index (χ1v) is 8.90. The second-order valence-electron chi connectivity index (χ2n) is 6.87. The highest BCUT2D eigenvalue weighted by atomic mass is 16.4. The zero-order valence-electron chi connectivity index (χ0n) is 13.6. The molecule has 1 heterocycles. The standard InChI is InChI=1S/C17H32N2O2/c1-2-17(16(20)21,18-15-9-10-15)11-8-14-19-12-6-4-3-5-7-13-19/h15,18H,2-14H2,1H3,(H,20,21). The number of rotatable bonds is 8. The summed E-state index contributed by atoms with van der Waals surface area (Å²) >= 11 is 0. The van der Waals surface area contributed by atoms with Gasteiger partial charge in [0.2, 0.25) is 0 Å². The van der Waals surface area contributed by atoms with Crippen LogP contribution in [0.15, 0.2) is 0 Å². The van der Waals surface area contributed by atoms with Crippen molar-refractivity contribution in [2.24, 2.45) is 0 Å². The molecule has 1 unspecified atom stereocenters. The van der Waals surface area contributed by atoms with Gasteiger partial charge in [-0.1, -0.05) is 26.2 Å². The van der Waals surface area contributed by atoms with Crippen molar-refractivity contribution in [3.8, 4) is 0 Å². The molecule has 1 saturated carbocycles. The van der Waals surface area contributed by atoms with Crippen LogP contribution in [0, 0.1) is 0 Å². The van der Waals surface area contributed by atoms with Crippen molar-refractivity contribution in [1.29, 1.82) is 0 Å². The van der Waals surface area contributed by atoms with E-state index in [1.165, 1.54) is 45.2 Å². The van der Waals surface area contributed by atoms with E-state index in [1.807, 2.05) is 6.92 Å². The van der Waals surface area contributed by atoms with Crippen molar-refractivity contribution in [3.05, 3.63) is 0 Å². The molecular weight excluding hydrogens is 264 g/mol. The average Bonchev–Trinajstić information content (AvgIpc) is 3.23. The highest BCUT2D eigenvalue weighted by Crippen LogP contribution is 2.27. The lowest BCUT2D eigenvalue weighted by Gasteiger charge is -2.31. The zero-order chi connectivity index (χ0) is 15.1. The number of nitrogens with one attached hydrogen (secondary N) is 1. The van der Waals surface area contributed by atoms with Crippen molar-refractivity contribution in [2.75, 3.05) is 19.6 Å². The molecule has 0 radical (unpaired) electrons. The molecule has 0 aromatic carbocycles. The Morgan fingerprint density at radius 2 is 1.81 bits per heavy atom. The van der Waals surface area contributed by atoms with Crippen LogP contribution in [0.5, 0.6) is 0 Å². The summed E-state index contributed by atoms with van der Waals surface area (Å²) in [5, 5.41) is 13.0. The normalized spacial score (nSPS) is 24.0. The smallest absolute Gasteiger partial charge is 0.323 e. The minimum Gasteiger partial charge on any atom is -0.480 e. The maximum absolute atomic E-state index is 11.7. The van der Waals surface area contributed by atoms with E-state index in [9.17, 15) is 9.90 Å². The Labute approximate surface area is 129 Å². The van der Waals surface area contributed by atoms with Crippen molar-refractivity contribution in [3.63, 3.8) is 0 Å². The highest BCUT2D eigenvalue weighted by molar-refractivity contribution is 5.78. The fourth-order valence-corrected chi connectivity index (χ4v) is 3.43. The number of carboxylic acids is 1. The van der Waals surface area contributed by atoms with Crippen LogP contribution in [0.3, 0.4) is 0 Å². The first kappa shape index (κ1) is 16.8. The quantitative estimate of drug-likeness (QED) is 0.723. The maximum atomic E-state index is 11.7. The van der Waals surface area contributed by atoms with Gasteiger partial charge in [-0.3, -0.25) is 10.1 Å². The number of carboxylic acid groups (broad SMARTS) is 1. The van der Waals surface area contributed by atoms with Gasteiger partial charge in [0.05, 0.1) is 0 Å². The Morgan fingerprint density at radius 1 is 1.19 bits per heavy atom. The molecule has 0 amide bonds. The Morgan fingerprint density at radius 3 is 2.33 bits per heavy atom. The van der Waals surface area contributed by atoms with Gasteiger partial charge in [0.15, 0.2) is 0 Å². The van der Waals surface area contributed by atoms with Gasteiger partial charge in [-0.2, -0.15) is 0 Å². The van der Waals surface area contributed by atoms with Crippen LogP contribution in [0.25, 0.3) is 0 Å². The van der Waals surface area contributed by atoms with Crippen LogP contribution in [-0.2, 0) is 4.79 Å². The monoisotopic (exact) mass is 296 g/mol. The van der Waals surface area contributed by atoms with Gasteiger partial charge >= 0.3 is 5.97 Å². The van der Waals surface area contributed by atoms with E-state index in [2.05, 4.69) is 10.2 Å². The summed E-state index contributed by atoms with van der Waals surface area (Å²) in [7, 11) is 0. The van der Waals surface area contributed by atoms with Crippen LogP contribution in [0.2, 0.25) is 0 Å². The van der Waals surface area contributed by atoms with Gasteiger partial charge < -0.3 is 10.0 Å². The lowest BCUT2D eigenvalue weighted by Crippen LogP contribution is -2.53. The molecule has 122 valence electrons. The lowest BCUT2D eigenvalue weighted by atomic mass is 9.90. The first-order chi connectivity index (χ1) is 10.2. The van der Waals surface area contributed by atoms with Crippen LogP contribution >= 0.6 is 0 Å². The van der Waals surface area contributed by atoms with Crippen LogP contribution in [-0.4, -0.2) is 47.2 Å². The van der Waals surface area contributed by atoms with E-state index >= 15 is 0 Å². The second kappa shape index (κ2) is 8.14. The molecule has 0 bridgehead atoms. The molecule has 2 rings (SSSR count). The number of nitrogens with zero attached hydrogens (tertiary/aromatic N) is 1. The summed E-state index contributed by atoms with van der Waals surface area (Å²) in [6.07, 6.45) is 11.4. The fraction of sp³-hybridized carbons (Fsp3) is 0.941. The minimum absolute atomic E-state index is 0.447. The van der Waals surface area contributed by atoms with E-state index in [0.29, 0.717) is 12.5 Å². The Balaban J connectivity index is 1.78. The summed E-state index contributed by atoms with van der Waals surface area (Å²) in [6.45, 7) is 5.45. The van der Waals surface area contributed by atoms with Crippen molar-refractivity contribution in [2.45, 2.75) is 82.7 Å². The predicted octanol–water partition coefficient (Wildman–Crippen LogP) is 3.02. The second-order valence-corrected chi connectivity index (χ2v) is 6.87. The molecular formula is C17H32N2O2. The van der Waals surface area contributed by atoms with Crippen molar-refractivity contribution < 1.29 is 9.90 Å². The fourth-order valence-electron chi connectivity index (χ4n) is 3.43.